The molecule has 3 rings (SSSR count). The second-order valence-electron chi connectivity index (χ2n) is 8.50. The lowest BCUT2D eigenvalue weighted by Gasteiger charge is -2.28. The Morgan fingerprint density at radius 3 is 2.22 bits per heavy atom. The van der Waals surface area contributed by atoms with Crippen LogP contribution in [0.3, 0.4) is 0 Å². The SMILES string of the molecule is Cc1cc(C)cc(NC(=O)Cc2ccc(ON(C(=O)C3CCCC3)[C@@H](C)C(=O)O)cc2)c1. The van der Waals surface area contributed by atoms with Crippen molar-refractivity contribution in [1.82, 2.24) is 5.06 Å². The monoisotopic (exact) mass is 438 g/mol. The predicted molar refractivity (Wildman–Crippen MR) is 121 cm³/mol. The average molecular weight is 439 g/mol. The van der Waals surface area contributed by atoms with Crippen LogP contribution >= 0.6 is 0 Å². The summed E-state index contributed by atoms with van der Waals surface area (Å²) in [5, 5.41) is 13.3. The van der Waals surface area contributed by atoms with Crippen molar-refractivity contribution in [3.63, 3.8) is 0 Å². The summed E-state index contributed by atoms with van der Waals surface area (Å²) in [5.41, 5.74) is 3.69. The van der Waals surface area contributed by atoms with Crippen molar-refractivity contribution in [1.29, 1.82) is 0 Å². The van der Waals surface area contributed by atoms with Crippen molar-refractivity contribution in [3.8, 4) is 5.75 Å². The average Bonchev–Trinajstić information content (AvgIpc) is 3.26. The molecular formula is C25H30N2O5. The van der Waals surface area contributed by atoms with E-state index in [2.05, 4.69) is 5.32 Å². The molecule has 0 heterocycles. The Morgan fingerprint density at radius 1 is 1.06 bits per heavy atom. The molecule has 0 bridgehead atoms. The van der Waals surface area contributed by atoms with Crippen LogP contribution in [0.2, 0.25) is 0 Å². The number of amides is 2. The first-order valence-corrected chi connectivity index (χ1v) is 10.9. The molecule has 1 saturated carbocycles. The molecule has 170 valence electrons. The fraction of sp³-hybridized carbons (Fsp3) is 0.400. The number of hydrogen-bond donors (Lipinski definition) is 2. The third kappa shape index (κ3) is 6.09. The van der Waals surface area contributed by atoms with Crippen LogP contribution in [-0.2, 0) is 20.8 Å². The summed E-state index contributed by atoms with van der Waals surface area (Å²) < 4.78 is 0. The number of aryl methyl sites for hydroxylation is 2. The summed E-state index contributed by atoms with van der Waals surface area (Å²) in [5.74, 6) is -1.42. The number of rotatable bonds is 8. The minimum atomic E-state index is -1.13. The zero-order valence-corrected chi connectivity index (χ0v) is 18.8. The number of benzene rings is 2. The van der Waals surface area contributed by atoms with Gasteiger partial charge in [0.25, 0.3) is 5.91 Å². The molecule has 7 nitrogen and oxygen atoms in total. The number of nitrogens with one attached hydrogen (secondary N) is 1. The number of carbonyl (C=O) groups is 3. The molecule has 2 aromatic carbocycles. The van der Waals surface area contributed by atoms with Crippen molar-refractivity contribution in [2.24, 2.45) is 5.92 Å². The molecule has 2 aromatic rings. The van der Waals surface area contributed by atoms with Crippen molar-refractivity contribution in [3.05, 3.63) is 59.2 Å². The van der Waals surface area contributed by atoms with Crippen LogP contribution < -0.4 is 10.2 Å². The van der Waals surface area contributed by atoms with Gasteiger partial charge in [0.05, 0.1) is 6.42 Å². The summed E-state index contributed by atoms with van der Waals surface area (Å²) in [6.07, 6.45) is 3.61. The summed E-state index contributed by atoms with van der Waals surface area (Å²) in [6, 6.07) is 11.5. The molecule has 0 radical (unpaired) electrons. The molecule has 0 saturated heterocycles. The molecule has 32 heavy (non-hydrogen) atoms. The van der Waals surface area contributed by atoms with E-state index in [1.54, 1.807) is 24.3 Å². The first kappa shape index (κ1) is 23.3. The number of hydroxylamine groups is 2. The number of carboxylic acids is 1. The molecule has 1 aliphatic rings. The van der Waals surface area contributed by atoms with Crippen molar-refractivity contribution in [2.75, 3.05) is 5.32 Å². The van der Waals surface area contributed by atoms with E-state index in [1.807, 2.05) is 32.0 Å². The lowest BCUT2D eigenvalue weighted by molar-refractivity contribution is -0.179. The molecule has 2 N–H and O–H groups in total. The van der Waals surface area contributed by atoms with E-state index in [4.69, 9.17) is 4.84 Å². The van der Waals surface area contributed by atoms with Gasteiger partial charge in [0.1, 0.15) is 0 Å². The lowest BCUT2D eigenvalue weighted by atomic mass is 10.1. The number of aliphatic carboxylic acids is 1. The molecule has 7 heteroatoms. The quantitative estimate of drug-likeness (QED) is 0.600. The van der Waals surface area contributed by atoms with Crippen LogP contribution in [0.15, 0.2) is 42.5 Å². The molecule has 1 aliphatic carbocycles. The summed E-state index contributed by atoms with van der Waals surface area (Å²) in [6.45, 7) is 5.39. The van der Waals surface area contributed by atoms with Crippen LogP contribution in [0.4, 0.5) is 5.69 Å². The normalized spacial score (nSPS) is 14.6. The van der Waals surface area contributed by atoms with E-state index in [0.29, 0.717) is 5.75 Å². The zero-order valence-electron chi connectivity index (χ0n) is 18.8. The maximum atomic E-state index is 12.8. The van der Waals surface area contributed by atoms with Crippen LogP contribution in [0.5, 0.6) is 5.75 Å². The Labute approximate surface area is 188 Å². The summed E-state index contributed by atoms with van der Waals surface area (Å²) >= 11 is 0. The Bertz CT molecular complexity index is 960. The summed E-state index contributed by atoms with van der Waals surface area (Å²) in [4.78, 5) is 42.4. The van der Waals surface area contributed by atoms with Crippen LogP contribution in [0, 0.1) is 19.8 Å². The fourth-order valence-electron chi connectivity index (χ4n) is 3.99. The van der Waals surface area contributed by atoms with Gasteiger partial charge in [-0.3, -0.25) is 9.59 Å². The molecule has 0 unspecified atom stereocenters. The highest BCUT2D eigenvalue weighted by molar-refractivity contribution is 5.92. The van der Waals surface area contributed by atoms with Gasteiger partial charge >= 0.3 is 5.97 Å². The van der Waals surface area contributed by atoms with Gasteiger partial charge in [0, 0.05) is 11.6 Å². The maximum Gasteiger partial charge on any atom is 0.329 e. The molecule has 2 amide bonds. The molecule has 1 atom stereocenters. The fourth-order valence-corrected chi connectivity index (χ4v) is 3.99. The van der Waals surface area contributed by atoms with E-state index in [-0.39, 0.29) is 24.2 Å². The molecular weight excluding hydrogens is 408 g/mol. The van der Waals surface area contributed by atoms with Crippen molar-refractivity contribution < 1.29 is 24.3 Å². The Morgan fingerprint density at radius 2 is 1.66 bits per heavy atom. The van der Waals surface area contributed by atoms with E-state index in [9.17, 15) is 19.5 Å². The number of nitrogens with zero attached hydrogens (tertiary/aromatic N) is 1. The van der Waals surface area contributed by atoms with Crippen molar-refractivity contribution >= 4 is 23.5 Å². The minimum absolute atomic E-state index is 0.138. The van der Waals surface area contributed by atoms with Crippen LogP contribution in [0.1, 0.15) is 49.3 Å². The highest BCUT2D eigenvalue weighted by Crippen LogP contribution is 2.28. The predicted octanol–water partition coefficient (Wildman–Crippen LogP) is 4.27. The minimum Gasteiger partial charge on any atom is -0.480 e. The molecule has 1 fully saturated rings. The number of carboxylic acid groups (broad SMARTS) is 1. The second-order valence-corrected chi connectivity index (χ2v) is 8.50. The molecule has 0 aromatic heterocycles. The van der Waals surface area contributed by atoms with E-state index in [0.717, 1.165) is 53.1 Å². The van der Waals surface area contributed by atoms with Gasteiger partial charge in [-0.2, -0.15) is 5.06 Å². The number of carbonyl (C=O) groups excluding carboxylic acids is 2. The highest BCUT2D eigenvalue weighted by Gasteiger charge is 2.34. The molecule has 0 spiro atoms. The van der Waals surface area contributed by atoms with Gasteiger partial charge in [0.2, 0.25) is 5.91 Å². The Kier molecular flexibility index (Phi) is 7.51. The van der Waals surface area contributed by atoms with Gasteiger partial charge in [0.15, 0.2) is 11.8 Å². The maximum absolute atomic E-state index is 12.8. The Balaban J connectivity index is 1.64. The van der Waals surface area contributed by atoms with E-state index < -0.39 is 12.0 Å². The first-order valence-electron chi connectivity index (χ1n) is 10.9. The van der Waals surface area contributed by atoms with Gasteiger partial charge in [-0.25, -0.2) is 4.79 Å². The van der Waals surface area contributed by atoms with Crippen LogP contribution in [-0.4, -0.2) is 34.0 Å². The highest BCUT2D eigenvalue weighted by atomic mass is 16.7. The third-order valence-electron chi connectivity index (χ3n) is 5.63. The smallest absolute Gasteiger partial charge is 0.329 e. The number of anilines is 1. The third-order valence-corrected chi connectivity index (χ3v) is 5.63. The van der Waals surface area contributed by atoms with Crippen molar-refractivity contribution in [2.45, 2.75) is 58.9 Å². The van der Waals surface area contributed by atoms with E-state index in [1.165, 1.54) is 6.92 Å². The topological polar surface area (TPSA) is 95.9 Å². The first-order chi connectivity index (χ1) is 15.2. The second kappa shape index (κ2) is 10.3. The lowest BCUT2D eigenvalue weighted by Crippen LogP contribution is -2.47. The van der Waals surface area contributed by atoms with E-state index >= 15 is 0 Å². The van der Waals surface area contributed by atoms with Gasteiger partial charge in [-0.15, -0.1) is 0 Å². The molecule has 0 aliphatic heterocycles. The Hall–Kier alpha value is -3.35. The van der Waals surface area contributed by atoms with Crippen LogP contribution in [0.25, 0.3) is 0 Å². The van der Waals surface area contributed by atoms with Gasteiger partial charge < -0.3 is 15.3 Å². The zero-order chi connectivity index (χ0) is 23.3. The van der Waals surface area contributed by atoms with Gasteiger partial charge in [-0.1, -0.05) is 31.0 Å². The van der Waals surface area contributed by atoms with Gasteiger partial charge in [-0.05, 0) is 74.6 Å². The summed E-state index contributed by atoms with van der Waals surface area (Å²) in [7, 11) is 0. The standard InChI is InChI=1S/C25H30N2O5/c1-16-12-17(2)14-21(13-16)26-23(28)15-19-8-10-22(11-9-19)32-27(18(3)25(30)31)24(29)20-6-4-5-7-20/h8-14,18,20H,4-7,15H2,1-3H3,(H,26,28)(H,30,31)/t18-/m0/s1. The largest absolute Gasteiger partial charge is 0.480 e. The number of hydrogen-bond acceptors (Lipinski definition) is 4.